The van der Waals surface area contributed by atoms with Gasteiger partial charge in [0.05, 0.1) is 4.75 Å². The van der Waals surface area contributed by atoms with Gasteiger partial charge in [0.15, 0.2) is 9.84 Å². The zero-order valence-corrected chi connectivity index (χ0v) is 8.11. The van der Waals surface area contributed by atoms with Crippen LogP contribution in [-0.2, 0) is 9.84 Å². The summed E-state index contributed by atoms with van der Waals surface area (Å²) in [6, 6.07) is 0. The Morgan fingerprint density at radius 3 is 2.18 bits per heavy atom. The lowest BCUT2D eigenvalue weighted by Crippen LogP contribution is -2.36. The molecule has 0 aliphatic carbocycles. The molecule has 0 saturated carbocycles. The Bertz CT molecular complexity index is 247. The van der Waals surface area contributed by atoms with Crippen molar-refractivity contribution < 1.29 is 8.42 Å². The van der Waals surface area contributed by atoms with Crippen LogP contribution in [0.5, 0.6) is 0 Å². The van der Waals surface area contributed by atoms with Crippen LogP contribution in [0.15, 0.2) is 0 Å². The minimum Gasteiger partial charge on any atom is -0.305 e. The fourth-order valence-electron chi connectivity index (χ4n) is 1.46. The van der Waals surface area contributed by atoms with Gasteiger partial charge in [-0.2, -0.15) is 0 Å². The number of hydrogen-bond donors (Lipinski definition) is 0. The van der Waals surface area contributed by atoms with Crippen molar-refractivity contribution in [1.82, 2.24) is 4.90 Å². The van der Waals surface area contributed by atoms with E-state index in [-0.39, 0.29) is 0 Å². The lowest BCUT2D eigenvalue weighted by molar-refractivity contribution is 0.404. The molecule has 4 heteroatoms. The van der Waals surface area contributed by atoms with Gasteiger partial charge < -0.3 is 4.90 Å². The Morgan fingerprint density at radius 2 is 2.00 bits per heavy atom. The first-order valence-corrected chi connectivity index (χ1v) is 5.62. The number of nitrogens with zero attached hydrogens (tertiary/aromatic N) is 1. The molecule has 1 saturated heterocycles. The van der Waals surface area contributed by atoms with Crippen LogP contribution < -0.4 is 0 Å². The fourth-order valence-corrected chi connectivity index (χ4v) is 2.38. The van der Waals surface area contributed by atoms with Crippen LogP contribution in [-0.4, -0.2) is 44.5 Å². The van der Waals surface area contributed by atoms with Crippen LogP contribution in [0.4, 0.5) is 0 Å². The van der Waals surface area contributed by atoms with Crippen LogP contribution in [0, 0.1) is 0 Å². The lowest BCUT2D eigenvalue weighted by atomic mass is 10.1. The summed E-state index contributed by atoms with van der Waals surface area (Å²) in [6.07, 6.45) is 2.09. The van der Waals surface area contributed by atoms with Gasteiger partial charge in [0, 0.05) is 12.8 Å². The summed E-state index contributed by atoms with van der Waals surface area (Å²) in [5.74, 6) is 0. The number of hydrogen-bond acceptors (Lipinski definition) is 3. The van der Waals surface area contributed by atoms with Crippen molar-refractivity contribution in [3.05, 3.63) is 0 Å². The summed E-state index contributed by atoms with van der Waals surface area (Å²) < 4.78 is 22.1. The summed E-state index contributed by atoms with van der Waals surface area (Å²) in [7, 11) is -0.922. The molecule has 1 rings (SSSR count). The van der Waals surface area contributed by atoms with Crippen molar-refractivity contribution in [2.75, 3.05) is 26.4 Å². The maximum absolute atomic E-state index is 11.3. The van der Waals surface area contributed by atoms with E-state index in [1.54, 1.807) is 0 Å². The predicted octanol–water partition coefficient (Wildman–Crippen LogP) is 0.125. The second kappa shape index (κ2) is 2.45. The molecule has 0 aromatic rings. The highest BCUT2D eigenvalue weighted by Crippen LogP contribution is 2.27. The smallest absolute Gasteiger partial charge is 0.154 e. The quantitative estimate of drug-likeness (QED) is 0.571. The Morgan fingerprint density at radius 1 is 1.45 bits per heavy atom. The van der Waals surface area contributed by atoms with E-state index in [0.717, 1.165) is 13.0 Å². The first-order chi connectivity index (χ1) is 4.85. The van der Waals surface area contributed by atoms with Gasteiger partial charge in [-0.25, -0.2) is 8.42 Å². The van der Waals surface area contributed by atoms with Crippen molar-refractivity contribution in [3.8, 4) is 0 Å². The van der Waals surface area contributed by atoms with E-state index < -0.39 is 14.6 Å². The van der Waals surface area contributed by atoms with Gasteiger partial charge in [-0.1, -0.05) is 0 Å². The molecular weight excluding hydrogens is 162 g/mol. The summed E-state index contributed by atoms with van der Waals surface area (Å²) in [5, 5.41) is 0. The number of sulfone groups is 1. The highest BCUT2D eigenvalue weighted by molar-refractivity contribution is 7.92. The molecule has 0 aromatic carbocycles. The van der Waals surface area contributed by atoms with E-state index in [2.05, 4.69) is 4.90 Å². The van der Waals surface area contributed by atoms with Gasteiger partial charge in [-0.3, -0.25) is 0 Å². The molecule has 11 heavy (non-hydrogen) atoms. The molecular formula is C7H15NO2S. The van der Waals surface area contributed by atoms with Crippen molar-refractivity contribution in [1.29, 1.82) is 0 Å². The van der Waals surface area contributed by atoms with Gasteiger partial charge in [-0.15, -0.1) is 0 Å². The number of rotatable bonds is 1. The molecule has 0 bridgehead atoms. The van der Waals surface area contributed by atoms with Crippen LogP contribution in [0.2, 0.25) is 0 Å². The van der Waals surface area contributed by atoms with Gasteiger partial charge >= 0.3 is 0 Å². The summed E-state index contributed by atoms with van der Waals surface area (Å²) >= 11 is 0. The van der Waals surface area contributed by atoms with Crippen molar-refractivity contribution in [2.45, 2.75) is 18.1 Å². The average molecular weight is 177 g/mol. The Kier molecular flexibility index (Phi) is 2.01. The highest BCUT2D eigenvalue weighted by atomic mass is 32.2. The van der Waals surface area contributed by atoms with Gasteiger partial charge in [-0.05, 0) is 26.9 Å². The molecule has 1 unspecified atom stereocenters. The highest BCUT2D eigenvalue weighted by Gasteiger charge is 2.40. The van der Waals surface area contributed by atoms with E-state index in [9.17, 15) is 8.42 Å². The third kappa shape index (κ3) is 1.56. The molecule has 0 aromatic heterocycles. The Labute approximate surface area is 68.3 Å². The van der Waals surface area contributed by atoms with E-state index in [1.165, 1.54) is 6.26 Å². The molecule has 1 aliphatic heterocycles. The zero-order chi connectivity index (χ0) is 8.70. The van der Waals surface area contributed by atoms with Crippen molar-refractivity contribution in [2.24, 2.45) is 0 Å². The van der Waals surface area contributed by atoms with Crippen LogP contribution in [0.1, 0.15) is 13.3 Å². The SMILES string of the molecule is CN1CCC(C)(S(C)(=O)=O)C1. The standard InChI is InChI=1S/C7H15NO2S/c1-7(11(3,9)10)4-5-8(2)6-7/h4-6H2,1-3H3. The molecule has 66 valence electrons. The minimum absolute atomic E-state index is 0.498. The first-order valence-electron chi connectivity index (χ1n) is 3.73. The molecule has 1 heterocycles. The zero-order valence-electron chi connectivity index (χ0n) is 7.29. The molecule has 1 aliphatic rings. The van der Waals surface area contributed by atoms with E-state index in [1.807, 2.05) is 14.0 Å². The van der Waals surface area contributed by atoms with Crippen LogP contribution in [0.3, 0.4) is 0 Å². The van der Waals surface area contributed by atoms with Crippen LogP contribution >= 0.6 is 0 Å². The van der Waals surface area contributed by atoms with Crippen molar-refractivity contribution in [3.63, 3.8) is 0 Å². The van der Waals surface area contributed by atoms with Gasteiger partial charge in [0.1, 0.15) is 0 Å². The molecule has 0 radical (unpaired) electrons. The summed E-state index contributed by atoms with van der Waals surface area (Å²) in [6.45, 7) is 3.39. The van der Waals surface area contributed by atoms with Gasteiger partial charge in [0.25, 0.3) is 0 Å². The first kappa shape index (κ1) is 9.00. The molecule has 0 spiro atoms. The molecule has 1 fully saturated rings. The maximum Gasteiger partial charge on any atom is 0.154 e. The molecule has 0 amide bonds. The van der Waals surface area contributed by atoms with E-state index >= 15 is 0 Å². The average Bonchev–Trinajstić information content (AvgIpc) is 2.10. The van der Waals surface area contributed by atoms with E-state index in [4.69, 9.17) is 0 Å². The second-order valence-electron chi connectivity index (χ2n) is 3.71. The molecule has 1 atom stereocenters. The minimum atomic E-state index is -2.88. The lowest BCUT2D eigenvalue weighted by Gasteiger charge is -2.20. The monoisotopic (exact) mass is 177 g/mol. The molecule has 3 nitrogen and oxygen atoms in total. The largest absolute Gasteiger partial charge is 0.305 e. The van der Waals surface area contributed by atoms with E-state index in [0.29, 0.717) is 6.54 Å². The topological polar surface area (TPSA) is 37.4 Å². The molecule has 0 N–H and O–H groups in total. The normalized spacial score (nSPS) is 34.5. The van der Waals surface area contributed by atoms with Crippen LogP contribution in [0.25, 0.3) is 0 Å². The summed E-state index contributed by atoms with van der Waals surface area (Å²) in [4.78, 5) is 2.06. The van der Waals surface area contributed by atoms with Gasteiger partial charge in [0.2, 0.25) is 0 Å². The maximum atomic E-state index is 11.3. The Hall–Kier alpha value is -0.0900. The summed E-state index contributed by atoms with van der Waals surface area (Å²) in [5.41, 5.74) is 0. The predicted molar refractivity (Wildman–Crippen MR) is 45.4 cm³/mol. The third-order valence-corrected chi connectivity index (χ3v) is 4.65. The third-order valence-electron chi connectivity index (χ3n) is 2.52. The van der Waals surface area contributed by atoms with Crippen molar-refractivity contribution >= 4 is 9.84 Å². The number of likely N-dealkylation sites (tertiary alicyclic amines) is 1. The fraction of sp³-hybridized carbons (Fsp3) is 1.00. The second-order valence-corrected chi connectivity index (χ2v) is 6.24. The Balaban J connectivity index is 2.87.